The lowest BCUT2D eigenvalue weighted by atomic mass is 10.1. The zero-order chi connectivity index (χ0) is 20.8. The molecule has 2 heterocycles. The molecule has 29 heavy (non-hydrogen) atoms. The topological polar surface area (TPSA) is 118 Å². The largest absolute Gasteiger partial charge is 0.467 e. The lowest BCUT2D eigenvalue weighted by molar-refractivity contribution is -0.151. The van der Waals surface area contributed by atoms with E-state index in [1.54, 1.807) is 36.4 Å². The summed E-state index contributed by atoms with van der Waals surface area (Å²) in [5.74, 6) is -1.41. The number of carbonyl (C=O) groups is 4. The highest BCUT2D eigenvalue weighted by Gasteiger charge is 2.35. The third kappa shape index (κ3) is 5.68. The van der Waals surface area contributed by atoms with E-state index in [-0.39, 0.29) is 24.8 Å². The minimum absolute atomic E-state index is 0.0474. The Morgan fingerprint density at radius 2 is 1.83 bits per heavy atom. The van der Waals surface area contributed by atoms with Crippen molar-refractivity contribution in [1.29, 1.82) is 0 Å². The Balaban J connectivity index is 1.43. The van der Waals surface area contributed by atoms with Crippen molar-refractivity contribution in [2.45, 2.75) is 19.9 Å². The molecule has 2 N–H and O–H groups in total. The quantitative estimate of drug-likeness (QED) is 0.685. The first-order valence-electron chi connectivity index (χ1n) is 9.05. The van der Waals surface area contributed by atoms with Gasteiger partial charge in [0.2, 0.25) is 11.8 Å². The second-order valence-electron chi connectivity index (χ2n) is 6.67. The van der Waals surface area contributed by atoms with Crippen molar-refractivity contribution >= 4 is 35.1 Å². The lowest BCUT2D eigenvalue weighted by Crippen LogP contribution is -2.28. The number of carbonyl (C=O) groups excluding carboxylic acids is 4. The number of nitrogens with one attached hydrogen (secondary N) is 2. The van der Waals surface area contributed by atoms with Gasteiger partial charge in [0.25, 0.3) is 5.91 Å². The van der Waals surface area contributed by atoms with Crippen molar-refractivity contribution in [3.05, 3.63) is 48.4 Å². The maximum atomic E-state index is 12.2. The molecule has 0 spiro atoms. The average molecular weight is 399 g/mol. The predicted molar refractivity (Wildman–Crippen MR) is 103 cm³/mol. The highest BCUT2D eigenvalue weighted by molar-refractivity contribution is 5.94. The van der Waals surface area contributed by atoms with Gasteiger partial charge in [-0.1, -0.05) is 0 Å². The summed E-state index contributed by atoms with van der Waals surface area (Å²) >= 11 is 0. The van der Waals surface area contributed by atoms with Crippen LogP contribution in [0.15, 0.2) is 47.1 Å². The molecule has 3 amide bonds. The summed E-state index contributed by atoms with van der Waals surface area (Å²) in [6.45, 7) is 1.47. The van der Waals surface area contributed by atoms with Crippen LogP contribution in [0.5, 0.6) is 0 Å². The SMILES string of the molecule is CC(=O)Nc1ccc(NC(=O)COC(=O)[C@H]2CC(=O)N(Cc3ccco3)C2)cc1. The standard InChI is InChI=1S/C20H21N3O6/c1-13(24)21-15-4-6-16(7-5-15)22-18(25)12-29-20(27)14-9-19(26)23(10-14)11-17-3-2-8-28-17/h2-8,14H,9-12H2,1H3,(H,21,24)(H,22,25)/t14-/m0/s1. The van der Waals surface area contributed by atoms with Gasteiger partial charge in [0.1, 0.15) is 5.76 Å². The van der Waals surface area contributed by atoms with Crippen LogP contribution in [0, 0.1) is 5.92 Å². The van der Waals surface area contributed by atoms with E-state index in [9.17, 15) is 19.2 Å². The van der Waals surface area contributed by atoms with E-state index in [1.807, 2.05) is 0 Å². The fourth-order valence-electron chi connectivity index (χ4n) is 2.97. The van der Waals surface area contributed by atoms with Crippen molar-refractivity contribution in [2.24, 2.45) is 5.92 Å². The predicted octanol–water partition coefficient (Wildman–Crippen LogP) is 1.77. The number of nitrogens with zero attached hydrogens (tertiary/aromatic N) is 1. The summed E-state index contributed by atoms with van der Waals surface area (Å²) in [6, 6.07) is 10.0. The van der Waals surface area contributed by atoms with Gasteiger partial charge in [-0.3, -0.25) is 19.2 Å². The third-order valence-electron chi connectivity index (χ3n) is 4.31. The van der Waals surface area contributed by atoms with Crippen molar-refractivity contribution in [3.63, 3.8) is 0 Å². The van der Waals surface area contributed by atoms with Gasteiger partial charge < -0.3 is 24.7 Å². The zero-order valence-corrected chi connectivity index (χ0v) is 15.8. The second kappa shape index (κ2) is 9.05. The summed E-state index contributed by atoms with van der Waals surface area (Å²) in [6.07, 6.45) is 1.57. The molecule has 0 bridgehead atoms. The Kier molecular flexibility index (Phi) is 6.28. The van der Waals surface area contributed by atoms with Gasteiger partial charge in [-0.25, -0.2) is 0 Å². The molecular formula is C20H21N3O6. The molecule has 2 aromatic rings. The van der Waals surface area contributed by atoms with Gasteiger partial charge in [-0.15, -0.1) is 0 Å². The molecule has 1 aliphatic heterocycles. The van der Waals surface area contributed by atoms with Gasteiger partial charge in [0.05, 0.1) is 18.7 Å². The van der Waals surface area contributed by atoms with Crippen molar-refractivity contribution in [2.75, 3.05) is 23.8 Å². The number of likely N-dealkylation sites (tertiary alicyclic amines) is 1. The van der Waals surface area contributed by atoms with Crippen LogP contribution in [-0.4, -0.2) is 41.7 Å². The summed E-state index contributed by atoms with van der Waals surface area (Å²) in [5.41, 5.74) is 1.10. The van der Waals surface area contributed by atoms with Gasteiger partial charge in [0, 0.05) is 31.3 Å². The second-order valence-corrected chi connectivity index (χ2v) is 6.67. The third-order valence-corrected chi connectivity index (χ3v) is 4.31. The molecular weight excluding hydrogens is 378 g/mol. The van der Waals surface area contributed by atoms with E-state index >= 15 is 0 Å². The fourth-order valence-corrected chi connectivity index (χ4v) is 2.97. The Labute approximate surface area is 167 Å². The van der Waals surface area contributed by atoms with E-state index in [1.165, 1.54) is 18.1 Å². The molecule has 0 unspecified atom stereocenters. The maximum absolute atomic E-state index is 12.2. The van der Waals surface area contributed by atoms with Gasteiger partial charge in [-0.2, -0.15) is 0 Å². The van der Waals surface area contributed by atoms with Crippen LogP contribution in [0.1, 0.15) is 19.1 Å². The molecule has 0 aliphatic carbocycles. The van der Waals surface area contributed by atoms with Crippen LogP contribution in [0.3, 0.4) is 0 Å². The number of hydrogen-bond acceptors (Lipinski definition) is 6. The van der Waals surface area contributed by atoms with Crippen LogP contribution >= 0.6 is 0 Å². The maximum Gasteiger partial charge on any atom is 0.311 e. The van der Waals surface area contributed by atoms with E-state index in [2.05, 4.69) is 10.6 Å². The molecule has 1 aliphatic rings. The van der Waals surface area contributed by atoms with Crippen LogP contribution in [0.4, 0.5) is 11.4 Å². The molecule has 1 fully saturated rings. The van der Waals surface area contributed by atoms with E-state index in [0.717, 1.165) is 0 Å². The smallest absolute Gasteiger partial charge is 0.311 e. The molecule has 9 nitrogen and oxygen atoms in total. The minimum Gasteiger partial charge on any atom is -0.467 e. The van der Waals surface area contributed by atoms with Gasteiger partial charge in [0.15, 0.2) is 6.61 Å². The van der Waals surface area contributed by atoms with Crippen LogP contribution in [0.2, 0.25) is 0 Å². The summed E-state index contributed by atoms with van der Waals surface area (Å²) < 4.78 is 10.3. The summed E-state index contributed by atoms with van der Waals surface area (Å²) in [5, 5.41) is 5.22. The number of furan rings is 1. The number of rotatable bonds is 7. The number of anilines is 2. The lowest BCUT2D eigenvalue weighted by Gasteiger charge is -2.14. The van der Waals surface area contributed by atoms with E-state index in [0.29, 0.717) is 23.7 Å². The number of benzene rings is 1. The number of amides is 3. The van der Waals surface area contributed by atoms with Crippen molar-refractivity contribution < 1.29 is 28.3 Å². The summed E-state index contributed by atoms with van der Waals surface area (Å²) in [4.78, 5) is 48.8. The molecule has 3 rings (SSSR count). The Morgan fingerprint density at radius 3 is 2.45 bits per heavy atom. The average Bonchev–Trinajstić information content (AvgIpc) is 3.31. The minimum atomic E-state index is -0.609. The monoisotopic (exact) mass is 399 g/mol. The highest BCUT2D eigenvalue weighted by Crippen LogP contribution is 2.21. The van der Waals surface area contributed by atoms with E-state index in [4.69, 9.17) is 9.15 Å². The van der Waals surface area contributed by atoms with Gasteiger partial charge >= 0.3 is 5.97 Å². The molecule has 9 heteroatoms. The molecule has 0 radical (unpaired) electrons. The molecule has 0 saturated carbocycles. The molecule has 152 valence electrons. The fraction of sp³-hybridized carbons (Fsp3) is 0.300. The first-order valence-corrected chi connectivity index (χ1v) is 9.05. The van der Waals surface area contributed by atoms with Gasteiger partial charge in [-0.05, 0) is 36.4 Å². The molecule has 1 saturated heterocycles. The molecule has 1 aromatic heterocycles. The number of hydrogen-bond donors (Lipinski definition) is 2. The van der Waals surface area contributed by atoms with Crippen molar-refractivity contribution in [1.82, 2.24) is 4.90 Å². The number of esters is 1. The van der Waals surface area contributed by atoms with Crippen LogP contribution in [0.25, 0.3) is 0 Å². The van der Waals surface area contributed by atoms with Crippen LogP contribution < -0.4 is 10.6 Å². The normalized spacial score (nSPS) is 15.8. The molecule has 1 aromatic carbocycles. The highest BCUT2D eigenvalue weighted by atomic mass is 16.5. The van der Waals surface area contributed by atoms with Crippen LogP contribution in [-0.2, 0) is 30.5 Å². The Morgan fingerprint density at radius 1 is 1.14 bits per heavy atom. The van der Waals surface area contributed by atoms with Crippen molar-refractivity contribution in [3.8, 4) is 0 Å². The Bertz CT molecular complexity index is 891. The first-order chi connectivity index (χ1) is 13.9. The zero-order valence-electron chi connectivity index (χ0n) is 15.8. The number of ether oxygens (including phenoxy) is 1. The first kappa shape index (κ1) is 20.1. The van der Waals surface area contributed by atoms with E-state index < -0.39 is 24.4 Å². The summed E-state index contributed by atoms with van der Waals surface area (Å²) in [7, 11) is 0. The Hall–Kier alpha value is -3.62. The molecule has 1 atom stereocenters.